The molecule has 19 heavy (non-hydrogen) atoms. The third-order valence-corrected chi connectivity index (χ3v) is 3.39. The average Bonchev–Trinajstić information content (AvgIpc) is 2.45. The molecule has 0 unspecified atom stereocenters. The van der Waals surface area contributed by atoms with Crippen LogP contribution in [0.5, 0.6) is 0 Å². The number of benzene rings is 3. The minimum atomic E-state index is -1.01. The minimum Gasteiger partial charge on any atom is -0.480 e. The first-order valence-corrected chi connectivity index (χ1v) is 6.06. The summed E-state index contributed by atoms with van der Waals surface area (Å²) in [6, 6.07) is 16.8. The minimum absolute atomic E-state index is 0.621. The van der Waals surface area contributed by atoms with E-state index in [1.165, 1.54) is 5.39 Å². The van der Waals surface area contributed by atoms with Crippen molar-refractivity contribution in [1.82, 2.24) is 0 Å². The summed E-state index contributed by atoms with van der Waals surface area (Å²) in [5, 5.41) is 13.4. The zero-order chi connectivity index (χ0) is 13.4. The van der Waals surface area contributed by atoms with Gasteiger partial charge in [-0.3, -0.25) is 4.79 Å². The molecule has 3 N–H and O–H groups in total. The summed E-state index contributed by atoms with van der Waals surface area (Å²) in [5.41, 5.74) is 6.26. The van der Waals surface area contributed by atoms with Crippen molar-refractivity contribution in [2.75, 3.05) is 0 Å². The molecule has 0 saturated carbocycles. The first-order valence-electron chi connectivity index (χ1n) is 6.06. The average molecular weight is 251 g/mol. The Bertz CT molecular complexity index is 780. The maximum atomic E-state index is 10.9. The van der Waals surface area contributed by atoms with Crippen LogP contribution in [0.3, 0.4) is 0 Å². The molecule has 0 aliphatic rings. The topological polar surface area (TPSA) is 63.3 Å². The van der Waals surface area contributed by atoms with Gasteiger partial charge in [0.15, 0.2) is 0 Å². The van der Waals surface area contributed by atoms with Gasteiger partial charge in [-0.15, -0.1) is 0 Å². The van der Waals surface area contributed by atoms with Crippen LogP contribution < -0.4 is 5.73 Å². The number of carboxylic acid groups (broad SMARTS) is 1. The number of carbonyl (C=O) groups is 1. The van der Waals surface area contributed by atoms with E-state index in [1.54, 1.807) is 6.07 Å². The molecule has 0 radical (unpaired) electrons. The monoisotopic (exact) mass is 251 g/mol. The van der Waals surface area contributed by atoms with Gasteiger partial charge in [0.1, 0.15) is 6.04 Å². The van der Waals surface area contributed by atoms with Gasteiger partial charge in [-0.05, 0) is 33.2 Å². The Kier molecular flexibility index (Phi) is 2.69. The number of aliphatic carboxylic acids is 1. The van der Waals surface area contributed by atoms with E-state index in [4.69, 9.17) is 10.8 Å². The van der Waals surface area contributed by atoms with Gasteiger partial charge in [-0.2, -0.15) is 0 Å². The molecule has 0 bridgehead atoms. The standard InChI is InChI=1S/C16H13NO2/c17-15(16(18)19)12-7-8-14-11(9-12)6-5-10-3-1-2-4-13(10)14/h1-9,15H,17H2,(H,18,19)/t15-/m0/s1. The third-order valence-electron chi connectivity index (χ3n) is 3.39. The van der Waals surface area contributed by atoms with Gasteiger partial charge in [0.05, 0.1) is 0 Å². The molecular formula is C16H13NO2. The largest absolute Gasteiger partial charge is 0.480 e. The molecule has 1 atom stereocenters. The second-order valence-electron chi connectivity index (χ2n) is 4.58. The van der Waals surface area contributed by atoms with Crippen molar-refractivity contribution in [3.8, 4) is 0 Å². The van der Waals surface area contributed by atoms with Crippen molar-refractivity contribution in [2.24, 2.45) is 5.73 Å². The lowest BCUT2D eigenvalue weighted by Crippen LogP contribution is -2.20. The predicted octanol–water partition coefficient (Wildman–Crippen LogP) is 3.08. The first-order chi connectivity index (χ1) is 9.16. The van der Waals surface area contributed by atoms with Crippen molar-refractivity contribution in [3.05, 3.63) is 60.2 Å². The van der Waals surface area contributed by atoms with Crippen LogP contribution in [0, 0.1) is 0 Å². The summed E-state index contributed by atoms with van der Waals surface area (Å²) in [5.74, 6) is -1.01. The second-order valence-corrected chi connectivity index (χ2v) is 4.58. The summed E-state index contributed by atoms with van der Waals surface area (Å²) < 4.78 is 0. The summed E-state index contributed by atoms with van der Waals surface area (Å²) in [6.07, 6.45) is 0. The zero-order valence-electron chi connectivity index (χ0n) is 10.2. The molecular weight excluding hydrogens is 238 g/mol. The fourth-order valence-corrected chi connectivity index (χ4v) is 2.37. The molecule has 3 aromatic carbocycles. The van der Waals surface area contributed by atoms with Gasteiger partial charge in [-0.25, -0.2) is 0 Å². The van der Waals surface area contributed by atoms with Crippen molar-refractivity contribution in [2.45, 2.75) is 6.04 Å². The van der Waals surface area contributed by atoms with Gasteiger partial charge in [0.25, 0.3) is 0 Å². The van der Waals surface area contributed by atoms with E-state index in [-0.39, 0.29) is 0 Å². The van der Waals surface area contributed by atoms with Crippen molar-refractivity contribution in [3.63, 3.8) is 0 Å². The highest BCUT2D eigenvalue weighted by atomic mass is 16.4. The van der Waals surface area contributed by atoms with E-state index in [0.717, 1.165) is 16.2 Å². The molecule has 3 heteroatoms. The summed E-state index contributed by atoms with van der Waals surface area (Å²) in [4.78, 5) is 10.9. The van der Waals surface area contributed by atoms with Crippen LogP contribution in [0.4, 0.5) is 0 Å². The Morgan fingerprint density at radius 3 is 2.42 bits per heavy atom. The van der Waals surface area contributed by atoms with Crippen LogP contribution in [0.15, 0.2) is 54.6 Å². The molecule has 3 aromatic rings. The fourth-order valence-electron chi connectivity index (χ4n) is 2.37. The van der Waals surface area contributed by atoms with Crippen LogP contribution in [0.2, 0.25) is 0 Å². The summed E-state index contributed by atoms with van der Waals surface area (Å²) in [7, 11) is 0. The smallest absolute Gasteiger partial charge is 0.325 e. The Hall–Kier alpha value is -2.39. The normalized spacial score (nSPS) is 12.7. The van der Waals surface area contributed by atoms with Crippen LogP contribution in [0.25, 0.3) is 21.5 Å². The molecule has 0 fully saturated rings. The van der Waals surface area contributed by atoms with E-state index < -0.39 is 12.0 Å². The van der Waals surface area contributed by atoms with E-state index >= 15 is 0 Å². The number of carboxylic acids is 1. The third kappa shape index (κ3) is 1.94. The van der Waals surface area contributed by atoms with Crippen molar-refractivity contribution in [1.29, 1.82) is 0 Å². The molecule has 0 aliphatic heterocycles. The van der Waals surface area contributed by atoms with Gasteiger partial charge in [-0.1, -0.05) is 48.5 Å². The fraction of sp³-hybridized carbons (Fsp3) is 0.0625. The Morgan fingerprint density at radius 1 is 0.947 bits per heavy atom. The van der Waals surface area contributed by atoms with Crippen molar-refractivity contribution >= 4 is 27.5 Å². The molecule has 0 spiro atoms. The van der Waals surface area contributed by atoms with Crippen LogP contribution in [0.1, 0.15) is 11.6 Å². The number of hydrogen-bond acceptors (Lipinski definition) is 2. The lowest BCUT2D eigenvalue weighted by molar-refractivity contribution is -0.138. The van der Waals surface area contributed by atoms with Gasteiger partial charge < -0.3 is 10.8 Å². The first kappa shape index (κ1) is 11.7. The SMILES string of the molecule is N[C@H](C(=O)O)c1ccc2c(ccc3ccccc32)c1. The summed E-state index contributed by atoms with van der Waals surface area (Å²) in [6.45, 7) is 0. The lowest BCUT2D eigenvalue weighted by atomic mass is 9.98. The maximum Gasteiger partial charge on any atom is 0.325 e. The number of hydrogen-bond donors (Lipinski definition) is 2. The molecule has 0 heterocycles. The van der Waals surface area contributed by atoms with Gasteiger partial charge in [0.2, 0.25) is 0 Å². The highest BCUT2D eigenvalue weighted by Crippen LogP contribution is 2.27. The molecule has 3 nitrogen and oxygen atoms in total. The van der Waals surface area contributed by atoms with Gasteiger partial charge >= 0.3 is 5.97 Å². The Labute approximate surface area is 110 Å². The molecule has 0 amide bonds. The van der Waals surface area contributed by atoms with Crippen molar-refractivity contribution < 1.29 is 9.90 Å². The second kappa shape index (κ2) is 4.37. The molecule has 3 rings (SSSR count). The predicted molar refractivity (Wildman–Crippen MR) is 76.0 cm³/mol. The highest BCUT2D eigenvalue weighted by molar-refractivity contribution is 6.07. The molecule has 0 aliphatic carbocycles. The zero-order valence-corrected chi connectivity index (χ0v) is 10.2. The number of nitrogens with two attached hydrogens (primary N) is 1. The molecule has 0 aromatic heterocycles. The summed E-state index contributed by atoms with van der Waals surface area (Å²) >= 11 is 0. The molecule has 0 saturated heterocycles. The number of rotatable bonds is 2. The van der Waals surface area contributed by atoms with E-state index in [2.05, 4.69) is 12.1 Å². The van der Waals surface area contributed by atoms with E-state index in [0.29, 0.717) is 5.56 Å². The Balaban J connectivity index is 2.25. The Morgan fingerprint density at radius 2 is 1.63 bits per heavy atom. The molecule has 94 valence electrons. The van der Waals surface area contributed by atoms with E-state index in [9.17, 15) is 4.79 Å². The number of fused-ring (bicyclic) bond motifs is 3. The van der Waals surface area contributed by atoms with E-state index in [1.807, 2.05) is 36.4 Å². The van der Waals surface area contributed by atoms with Crippen LogP contribution in [-0.4, -0.2) is 11.1 Å². The highest BCUT2D eigenvalue weighted by Gasteiger charge is 2.14. The quantitative estimate of drug-likeness (QED) is 0.688. The lowest BCUT2D eigenvalue weighted by Gasteiger charge is -2.09. The van der Waals surface area contributed by atoms with Crippen LogP contribution >= 0.6 is 0 Å². The van der Waals surface area contributed by atoms with Gasteiger partial charge in [0, 0.05) is 0 Å². The van der Waals surface area contributed by atoms with Crippen LogP contribution in [-0.2, 0) is 4.79 Å². The maximum absolute atomic E-state index is 10.9.